The van der Waals surface area contributed by atoms with E-state index in [1.807, 2.05) is 13.8 Å². The Labute approximate surface area is 107 Å². The van der Waals surface area contributed by atoms with Gasteiger partial charge in [-0.05, 0) is 24.8 Å². The fraction of sp³-hybridized carbons (Fsp3) is 0.917. The quantitative estimate of drug-likeness (QED) is 0.659. The molecule has 0 aromatic heterocycles. The van der Waals surface area contributed by atoms with Crippen molar-refractivity contribution in [3.8, 4) is 0 Å². The number of carbonyl (C=O) groups is 1. The fourth-order valence-corrected chi connectivity index (χ4v) is 1.72. The first-order valence-corrected chi connectivity index (χ1v) is 6.19. The summed E-state index contributed by atoms with van der Waals surface area (Å²) in [6.45, 7) is 3.58. The SMILES string of the molecule is CC(C)(CCN)CCC(=O)N(CCO)CC(F)F. The van der Waals surface area contributed by atoms with Gasteiger partial charge in [0.25, 0.3) is 6.43 Å². The number of nitrogens with two attached hydrogens (primary N) is 1. The van der Waals surface area contributed by atoms with Gasteiger partial charge in [0.1, 0.15) is 0 Å². The van der Waals surface area contributed by atoms with E-state index in [1.54, 1.807) is 0 Å². The second-order valence-electron chi connectivity index (χ2n) is 5.16. The Balaban J connectivity index is 4.25. The van der Waals surface area contributed by atoms with Crippen LogP contribution in [-0.2, 0) is 4.79 Å². The van der Waals surface area contributed by atoms with Crippen LogP contribution >= 0.6 is 0 Å². The summed E-state index contributed by atoms with van der Waals surface area (Å²) < 4.78 is 24.5. The molecule has 0 aliphatic rings. The Morgan fingerprint density at radius 2 is 2.00 bits per heavy atom. The minimum absolute atomic E-state index is 0.0412. The van der Waals surface area contributed by atoms with E-state index in [0.29, 0.717) is 13.0 Å². The van der Waals surface area contributed by atoms with Crippen LogP contribution in [-0.4, -0.2) is 48.6 Å². The van der Waals surface area contributed by atoms with E-state index in [1.165, 1.54) is 0 Å². The molecule has 0 heterocycles. The summed E-state index contributed by atoms with van der Waals surface area (Å²) in [7, 11) is 0. The molecule has 0 radical (unpaired) electrons. The summed E-state index contributed by atoms with van der Waals surface area (Å²) in [5.74, 6) is -0.338. The Morgan fingerprint density at radius 1 is 1.39 bits per heavy atom. The minimum atomic E-state index is -2.57. The first-order valence-electron chi connectivity index (χ1n) is 6.19. The van der Waals surface area contributed by atoms with Crippen molar-refractivity contribution >= 4 is 5.91 Å². The molecule has 0 aliphatic carbocycles. The number of hydrogen-bond acceptors (Lipinski definition) is 3. The second-order valence-corrected chi connectivity index (χ2v) is 5.16. The van der Waals surface area contributed by atoms with E-state index in [2.05, 4.69) is 0 Å². The number of carbonyl (C=O) groups excluding carboxylic acids is 1. The average Bonchev–Trinajstić information content (AvgIpc) is 2.25. The highest BCUT2D eigenvalue weighted by molar-refractivity contribution is 5.76. The lowest BCUT2D eigenvalue weighted by atomic mass is 9.84. The highest BCUT2D eigenvalue weighted by atomic mass is 19.3. The number of rotatable bonds is 9. The Morgan fingerprint density at radius 3 is 2.44 bits per heavy atom. The molecule has 0 saturated carbocycles. The summed E-state index contributed by atoms with van der Waals surface area (Å²) in [6, 6.07) is 0. The van der Waals surface area contributed by atoms with Gasteiger partial charge in [-0.3, -0.25) is 4.79 Å². The van der Waals surface area contributed by atoms with Gasteiger partial charge in [-0.1, -0.05) is 13.8 Å². The molecule has 0 rings (SSSR count). The molecule has 0 aromatic carbocycles. The molecule has 0 atom stereocenters. The Kier molecular flexibility index (Phi) is 8.02. The molecule has 0 saturated heterocycles. The monoisotopic (exact) mass is 266 g/mol. The van der Waals surface area contributed by atoms with Crippen LogP contribution in [0.2, 0.25) is 0 Å². The number of aliphatic hydroxyl groups is 1. The van der Waals surface area contributed by atoms with Crippen LogP contribution in [0.3, 0.4) is 0 Å². The maximum absolute atomic E-state index is 12.3. The average molecular weight is 266 g/mol. The van der Waals surface area contributed by atoms with Crippen molar-refractivity contribution in [3.63, 3.8) is 0 Å². The maximum atomic E-state index is 12.3. The number of nitrogens with zero attached hydrogens (tertiary/aromatic N) is 1. The van der Waals surface area contributed by atoms with Gasteiger partial charge in [-0.2, -0.15) is 0 Å². The summed E-state index contributed by atoms with van der Waals surface area (Å²) in [4.78, 5) is 12.8. The van der Waals surface area contributed by atoms with E-state index in [4.69, 9.17) is 10.8 Å². The molecule has 1 amide bonds. The van der Waals surface area contributed by atoms with E-state index >= 15 is 0 Å². The first kappa shape index (κ1) is 17.2. The molecule has 0 aliphatic heterocycles. The highest BCUT2D eigenvalue weighted by Crippen LogP contribution is 2.26. The molecule has 108 valence electrons. The lowest BCUT2D eigenvalue weighted by Crippen LogP contribution is -2.37. The molecule has 0 bridgehead atoms. The highest BCUT2D eigenvalue weighted by Gasteiger charge is 2.22. The summed E-state index contributed by atoms with van der Waals surface area (Å²) >= 11 is 0. The number of aliphatic hydroxyl groups excluding tert-OH is 1. The number of halogens is 2. The van der Waals surface area contributed by atoms with Crippen molar-refractivity contribution in [2.45, 2.75) is 39.5 Å². The van der Waals surface area contributed by atoms with Gasteiger partial charge in [-0.15, -0.1) is 0 Å². The zero-order valence-electron chi connectivity index (χ0n) is 11.2. The van der Waals surface area contributed by atoms with Crippen LogP contribution < -0.4 is 5.73 Å². The van der Waals surface area contributed by atoms with Crippen molar-refractivity contribution in [1.29, 1.82) is 0 Å². The van der Waals surface area contributed by atoms with Gasteiger partial charge in [0, 0.05) is 13.0 Å². The van der Waals surface area contributed by atoms with Crippen LogP contribution in [0.1, 0.15) is 33.1 Å². The maximum Gasteiger partial charge on any atom is 0.255 e. The van der Waals surface area contributed by atoms with Crippen molar-refractivity contribution < 1.29 is 18.7 Å². The zero-order valence-corrected chi connectivity index (χ0v) is 11.2. The summed E-state index contributed by atoms with van der Waals surface area (Å²) in [6.07, 6.45) is -0.971. The van der Waals surface area contributed by atoms with Crippen LogP contribution in [0.25, 0.3) is 0 Å². The van der Waals surface area contributed by atoms with E-state index < -0.39 is 13.0 Å². The van der Waals surface area contributed by atoms with E-state index in [0.717, 1.165) is 11.3 Å². The number of hydrogen-bond donors (Lipinski definition) is 2. The predicted molar refractivity (Wildman–Crippen MR) is 66.4 cm³/mol. The van der Waals surface area contributed by atoms with Gasteiger partial charge in [-0.25, -0.2) is 8.78 Å². The normalized spacial score (nSPS) is 11.9. The second kappa shape index (κ2) is 8.37. The van der Waals surface area contributed by atoms with Crippen LogP contribution in [0.15, 0.2) is 0 Å². The third kappa shape index (κ3) is 7.55. The minimum Gasteiger partial charge on any atom is -0.395 e. The predicted octanol–water partition coefficient (Wildman–Crippen LogP) is 1.23. The lowest BCUT2D eigenvalue weighted by molar-refractivity contribution is -0.134. The van der Waals surface area contributed by atoms with Crippen molar-refractivity contribution in [2.24, 2.45) is 11.1 Å². The molecule has 6 heteroatoms. The first-order chi connectivity index (χ1) is 8.32. The third-order valence-electron chi connectivity index (χ3n) is 2.92. The molecule has 0 aromatic rings. The van der Waals surface area contributed by atoms with Crippen molar-refractivity contribution in [1.82, 2.24) is 4.90 Å². The summed E-state index contributed by atoms with van der Waals surface area (Å²) in [5, 5.41) is 8.76. The van der Waals surface area contributed by atoms with Gasteiger partial charge in [0.15, 0.2) is 0 Å². The van der Waals surface area contributed by atoms with Crippen molar-refractivity contribution in [3.05, 3.63) is 0 Å². The molecule has 0 unspecified atom stereocenters. The molecule has 0 spiro atoms. The molecule has 18 heavy (non-hydrogen) atoms. The standard InChI is InChI=1S/C12H24F2N2O2/c1-12(2,5-6-15)4-3-11(18)16(7-8-17)9-10(13)14/h10,17H,3-9,15H2,1-2H3. The lowest BCUT2D eigenvalue weighted by Gasteiger charge is -2.26. The smallest absolute Gasteiger partial charge is 0.255 e. The van der Waals surface area contributed by atoms with E-state index in [9.17, 15) is 13.6 Å². The molecule has 3 N–H and O–H groups in total. The third-order valence-corrected chi connectivity index (χ3v) is 2.92. The van der Waals surface area contributed by atoms with Crippen LogP contribution in [0.4, 0.5) is 8.78 Å². The van der Waals surface area contributed by atoms with Gasteiger partial charge in [0.05, 0.1) is 13.2 Å². The number of alkyl halides is 2. The van der Waals surface area contributed by atoms with Gasteiger partial charge < -0.3 is 15.7 Å². The Hall–Kier alpha value is -0.750. The van der Waals surface area contributed by atoms with Crippen LogP contribution in [0.5, 0.6) is 0 Å². The van der Waals surface area contributed by atoms with E-state index in [-0.39, 0.29) is 30.9 Å². The fourth-order valence-electron chi connectivity index (χ4n) is 1.72. The summed E-state index contributed by atoms with van der Waals surface area (Å²) in [5.41, 5.74) is 5.40. The number of amides is 1. The molecular formula is C12H24F2N2O2. The van der Waals surface area contributed by atoms with Gasteiger partial charge in [0.2, 0.25) is 5.91 Å². The van der Waals surface area contributed by atoms with Crippen molar-refractivity contribution in [2.75, 3.05) is 26.2 Å². The largest absolute Gasteiger partial charge is 0.395 e. The molecular weight excluding hydrogens is 242 g/mol. The van der Waals surface area contributed by atoms with Crippen LogP contribution in [0, 0.1) is 5.41 Å². The topological polar surface area (TPSA) is 66.6 Å². The zero-order chi connectivity index (χ0) is 14.2. The molecule has 4 nitrogen and oxygen atoms in total. The Bertz CT molecular complexity index is 248. The molecule has 0 fully saturated rings. The van der Waals surface area contributed by atoms with Gasteiger partial charge >= 0.3 is 0 Å².